The Bertz CT molecular complexity index is 768. The highest BCUT2D eigenvalue weighted by Crippen LogP contribution is 2.71. The Balaban J connectivity index is 1.80. The van der Waals surface area contributed by atoms with Crippen molar-refractivity contribution in [1.82, 2.24) is 0 Å². The van der Waals surface area contributed by atoms with Crippen molar-refractivity contribution in [2.24, 2.45) is 28.6 Å². The predicted octanol–water partition coefficient (Wildman–Crippen LogP) is 4.65. The molecule has 0 radical (unpaired) electrons. The van der Waals surface area contributed by atoms with Crippen molar-refractivity contribution in [3.05, 3.63) is 11.6 Å². The Hall–Kier alpha value is -0.880. The van der Waals surface area contributed by atoms with Gasteiger partial charge >= 0.3 is 5.30 Å². The van der Waals surface area contributed by atoms with E-state index in [4.69, 9.17) is 4.74 Å². The van der Waals surface area contributed by atoms with Crippen molar-refractivity contribution in [3.63, 3.8) is 0 Å². The summed E-state index contributed by atoms with van der Waals surface area (Å²) in [5.41, 5.74) is -3.03. The summed E-state index contributed by atoms with van der Waals surface area (Å²) in [5.74, 6) is -0.206. The largest absolute Gasteiger partial charge is 0.451 e. The summed E-state index contributed by atoms with van der Waals surface area (Å²) in [7, 11) is 0. The van der Waals surface area contributed by atoms with E-state index in [0.717, 1.165) is 12.0 Å². The van der Waals surface area contributed by atoms with Gasteiger partial charge in [-0.15, -0.1) is 0 Å². The molecule has 8 atom stereocenters. The van der Waals surface area contributed by atoms with Crippen LogP contribution in [0.5, 0.6) is 0 Å². The fourth-order valence-corrected chi connectivity index (χ4v) is 7.68. The highest BCUT2D eigenvalue weighted by Gasteiger charge is 2.74. The maximum atomic E-state index is 17.0. The van der Waals surface area contributed by atoms with Gasteiger partial charge in [-0.2, -0.15) is 0 Å². The van der Waals surface area contributed by atoms with Crippen LogP contribution in [-0.4, -0.2) is 33.6 Å². The number of halogens is 1. The van der Waals surface area contributed by atoms with Crippen LogP contribution in [0.3, 0.4) is 0 Å². The number of hydrogen-bond acceptors (Lipinski definition) is 4. The lowest BCUT2D eigenvalue weighted by Gasteiger charge is -2.63. The summed E-state index contributed by atoms with van der Waals surface area (Å²) < 4.78 is 22.7. The number of aliphatic hydroxyl groups excluding tert-OH is 1. The molecule has 156 valence electrons. The molecule has 0 bridgehead atoms. The van der Waals surface area contributed by atoms with Crippen molar-refractivity contribution in [1.29, 1.82) is 0 Å². The molecular formula is C22H31FO4S. The molecule has 1 N–H and O–H groups in total. The zero-order valence-corrected chi connectivity index (χ0v) is 18.0. The molecule has 6 heteroatoms. The molecular weight excluding hydrogens is 379 g/mol. The quantitative estimate of drug-likeness (QED) is 0.488. The second-order valence-corrected chi connectivity index (χ2v) is 10.6. The van der Waals surface area contributed by atoms with Crippen LogP contribution in [0.25, 0.3) is 0 Å². The van der Waals surface area contributed by atoms with Crippen molar-refractivity contribution >= 4 is 23.7 Å². The first-order valence-corrected chi connectivity index (χ1v) is 10.9. The molecule has 0 aromatic carbocycles. The second kappa shape index (κ2) is 6.07. The Morgan fingerprint density at radius 2 is 1.96 bits per heavy atom. The first kappa shape index (κ1) is 20.4. The highest BCUT2D eigenvalue weighted by molar-refractivity contribution is 7.96. The number of rotatable bonds is 1. The molecule has 4 nitrogen and oxygen atoms in total. The molecule has 4 rings (SSSR count). The van der Waals surface area contributed by atoms with E-state index in [1.165, 1.54) is 0 Å². The van der Waals surface area contributed by atoms with Crippen LogP contribution in [0, 0.1) is 28.6 Å². The Morgan fingerprint density at radius 3 is 2.61 bits per heavy atom. The average molecular weight is 411 g/mol. The zero-order chi connectivity index (χ0) is 20.7. The molecule has 3 fully saturated rings. The number of carbonyl (C=O) groups excluding carboxylic acids is 2. The van der Waals surface area contributed by atoms with Gasteiger partial charge in [-0.05, 0) is 56.9 Å². The molecule has 3 saturated carbocycles. The SMILES string of the molecule is CC1C[C@H]2[C@@H]3CCC4=CC(=O)CC[C@]4(C)[C@]3(F)C(O)C[C@]2(C)C1(C)OC(=O)S. The van der Waals surface area contributed by atoms with Crippen molar-refractivity contribution < 1.29 is 23.8 Å². The van der Waals surface area contributed by atoms with E-state index in [0.29, 0.717) is 25.7 Å². The van der Waals surface area contributed by atoms with Gasteiger partial charge in [0, 0.05) is 23.2 Å². The van der Waals surface area contributed by atoms with Gasteiger partial charge in [0.15, 0.2) is 5.78 Å². The predicted molar refractivity (Wildman–Crippen MR) is 107 cm³/mol. The van der Waals surface area contributed by atoms with Crippen molar-refractivity contribution in [2.45, 2.75) is 83.6 Å². The number of ether oxygens (including phenoxy) is 1. The lowest BCUT2D eigenvalue weighted by Crippen LogP contribution is -2.68. The lowest BCUT2D eigenvalue weighted by atomic mass is 9.44. The molecule has 4 aliphatic carbocycles. The van der Waals surface area contributed by atoms with Crippen molar-refractivity contribution in [2.75, 3.05) is 0 Å². The number of hydrogen-bond donors (Lipinski definition) is 2. The topological polar surface area (TPSA) is 63.6 Å². The third-order valence-corrected chi connectivity index (χ3v) is 9.50. The Kier molecular flexibility index (Phi) is 4.42. The van der Waals surface area contributed by atoms with Crippen LogP contribution in [0.4, 0.5) is 9.18 Å². The fourth-order valence-electron chi connectivity index (χ4n) is 7.49. The monoisotopic (exact) mass is 410 g/mol. The van der Waals surface area contributed by atoms with E-state index in [1.807, 2.05) is 27.7 Å². The summed E-state index contributed by atoms with van der Waals surface area (Å²) in [6.45, 7) is 7.90. The van der Waals surface area contributed by atoms with Gasteiger partial charge in [-0.3, -0.25) is 4.79 Å². The molecule has 0 aromatic heterocycles. The first-order valence-electron chi connectivity index (χ1n) is 10.4. The third kappa shape index (κ3) is 2.28. The van der Waals surface area contributed by atoms with E-state index in [1.54, 1.807) is 6.08 Å². The minimum atomic E-state index is -1.77. The number of carbonyl (C=O) groups is 2. The van der Waals surface area contributed by atoms with E-state index < -0.39 is 33.5 Å². The van der Waals surface area contributed by atoms with E-state index in [9.17, 15) is 14.7 Å². The van der Waals surface area contributed by atoms with Gasteiger partial charge in [-0.1, -0.05) is 39.0 Å². The molecule has 0 aliphatic heterocycles. The molecule has 0 heterocycles. The smallest absolute Gasteiger partial charge is 0.364 e. The number of aliphatic hydroxyl groups is 1. The van der Waals surface area contributed by atoms with Crippen LogP contribution in [0.1, 0.15) is 66.2 Å². The average Bonchev–Trinajstić information content (AvgIpc) is 2.77. The Labute approximate surface area is 171 Å². The minimum Gasteiger partial charge on any atom is -0.451 e. The summed E-state index contributed by atoms with van der Waals surface area (Å²) >= 11 is 3.84. The number of thiol groups is 1. The van der Waals surface area contributed by atoms with Crippen LogP contribution < -0.4 is 0 Å². The molecule has 28 heavy (non-hydrogen) atoms. The second-order valence-electron chi connectivity index (χ2n) is 10.2. The van der Waals surface area contributed by atoms with Crippen LogP contribution >= 0.6 is 12.6 Å². The maximum absolute atomic E-state index is 17.0. The molecule has 0 spiro atoms. The zero-order valence-electron chi connectivity index (χ0n) is 17.1. The van der Waals surface area contributed by atoms with Gasteiger partial charge in [-0.25, -0.2) is 9.18 Å². The normalized spacial score (nSPS) is 53.0. The number of allylic oxidation sites excluding steroid dienone is 1. The summed E-state index contributed by atoms with van der Waals surface area (Å²) in [6.07, 6.45) is 3.54. The third-order valence-electron chi connectivity index (χ3n) is 9.41. The number of alkyl halides is 1. The van der Waals surface area contributed by atoms with Gasteiger partial charge < -0.3 is 9.84 Å². The van der Waals surface area contributed by atoms with Gasteiger partial charge in [0.1, 0.15) is 11.3 Å². The maximum Gasteiger partial charge on any atom is 0.364 e. The van der Waals surface area contributed by atoms with E-state index in [2.05, 4.69) is 12.6 Å². The Morgan fingerprint density at radius 1 is 1.29 bits per heavy atom. The van der Waals surface area contributed by atoms with Crippen molar-refractivity contribution in [3.8, 4) is 0 Å². The van der Waals surface area contributed by atoms with Crippen LogP contribution in [-0.2, 0) is 9.53 Å². The number of fused-ring (bicyclic) bond motifs is 5. The standard InChI is InChI=1S/C22H31FO4S/c1-12-9-16-15-6-5-13-10-14(24)7-8-19(13,2)22(15,23)17(25)11-20(16,3)21(12,4)27-18(26)28/h10,12,15-17,25H,5-9,11H2,1-4H3,(H,26,28)/t12?,15-,16-,17?,19-,20-,21?,22+/m0/s1. The summed E-state index contributed by atoms with van der Waals surface area (Å²) in [5, 5.41) is 10.6. The van der Waals surface area contributed by atoms with Crippen LogP contribution in [0.2, 0.25) is 0 Å². The molecule has 0 aromatic rings. The van der Waals surface area contributed by atoms with Gasteiger partial charge in [0.25, 0.3) is 0 Å². The van der Waals surface area contributed by atoms with Gasteiger partial charge in [0.2, 0.25) is 0 Å². The summed E-state index contributed by atoms with van der Waals surface area (Å²) in [4.78, 5) is 23.7. The molecule has 0 saturated heterocycles. The van der Waals surface area contributed by atoms with Gasteiger partial charge in [0.05, 0.1) is 6.10 Å². The minimum absolute atomic E-state index is 0.00425. The number of ketones is 1. The highest BCUT2D eigenvalue weighted by atomic mass is 32.1. The van der Waals surface area contributed by atoms with Crippen LogP contribution in [0.15, 0.2) is 11.6 Å². The first-order chi connectivity index (χ1) is 12.9. The molecule has 4 aliphatic rings. The fraction of sp³-hybridized carbons (Fsp3) is 0.818. The van der Waals surface area contributed by atoms with E-state index in [-0.39, 0.29) is 30.0 Å². The molecule has 0 amide bonds. The lowest BCUT2D eigenvalue weighted by molar-refractivity contribution is -0.225. The molecule has 3 unspecified atom stereocenters. The van der Waals surface area contributed by atoms with E-state index >= 15 is 4.39 Å². The summed E-state index contributed by atoms with van der Waals surface area (Å²) in [6, 6.07) is 0.